The van der Waals surface area contributed by atoms with Crippen LogP contribution in [0.3, 0.4) is 0 Å². The fourth-order valence-electron chi connectivity index (χ4n) is 5.70. The average molecular weight is 639 g/mol. The molecule has 9 heteroatoms. The number of piperazine rings is 2. The fraction of sp³-hybridized carbons (Fsp3) is 0.306. The maximum atomic E-state index is 13.2. The smallest absolute Gasteiger partial charge is 0.253 e. The Morgan fingerprint density at radius 2 is 1.42 bits per heavy atom. The molecule has 0 saturated carbocycles. The van der Waals surface area contributed by atoms with E-state index < -0.39 is 0 Å². The molecule has 2 fully saturated rings. The highest BCUT2D eigenvalue weighted by Crippen LogP contribution is 2.26. The molecule has 2 saturated heterocycles. The lowest BCUT2D eigenvalue weighted by molar-refractivity contribution is 0.0650. The topological polar surface area (TPSA) is 55.8 Å². The van der Waals surface area contributed by atoms with E-state index in [1.165, 1.54) is 11.1 Å². The van der Waals surface area contributed by atoms with Crippen LogP contribution in [0.25, 0.3) is 6.08 Å². The standard InChI is InChI=1S/C36H39ClN6OS/c37-33-26-34(42-22-20-41(21-23-42)27-30-10-5-2-6-11-30)39-36(38-33)45-28-31-13-15-32(16-14-31)35(44)43-24-18-40(19-25-43)17-7-12-29-8-3-1-4-9-29/h1-16,26H,17-25,27-28H2/b12-7+. The van der Waals surface area contributed by atoms with Gasteiger partial charge in [-0.05, 0) is 28.8 Å². The number of nitrogens with zero attached hydrogens (tertiary/aromatic N) is 6. The van der Waals surface area contributed by atoms with Crippen LogP contribution in [0.15, 0.2) is 102 Å². The summed E-state index contributed by atoms with van der Waals surface area (Å²) in [6, 6.07) is 30.7. The lowest BCUT2D eigenvalue weighted by atomic mass is 10.1. The predicted molar refractivity (Wildman–Crippen MR) is 185 cm³/mol. The summed E-state index contributed by atoms with van der Waals surface area (Å²) in [6.45, 7) is 8.87. The Labute approximate surface area is 275 Å². The third-order valence-electron chi connectivity index (χ3n) is 8.31. The van der Waals surface area contributed by atoms with Crippen molar-refractivity contribution in [1.82, 2.24) is 24.7 Å². The van der Waals surface area contributed by atoms with Crippen molar-refractivity contribution >= 4 is 41.2 Å². The summed E-state index contributed by atoms with van der Waals surface area (Å²) in [6.07, 6.45) is 4.36. The second-order valence-electron chi connectivity index (χ2n) is 11.5. The minimum absolute atomic E-state index is 0.0976. The molecule has 2 aliphatic heterocycles. The summed E-state index contributed by atoms with van der Waals surface area (Å²) in [4.78, 5) is 31.6. The summed E-state index contributed by atoms with van der Waals surface area (Å²) < 4.78 is 0. The van der Waals surface area contributed by atoms with Gasteiger partial charge in [-0.25, -0.2) is 9.97 Å². The van der Waals surface area contributed by atoms with Crippen molar-refractivity contribution in [3.05, 3.63) is 124 Å². The quantitative estimate of drug-likeness (QED) is 0.116. The first-order valence-corrected chi connectivity index (χ1v) is 17.0. The van der Waals surface area contributed by atoms with Gasteiger partial charge in [0.1, 0.15) is 11.0 Å². The molecule has 0 atom stereocenters. The van der Waals surface area contributed by atoms with Gasteiger partial charge in [0.2, 0.25) is 0 Å². The van der Waals surface area contributed by atoms with Crippen LogP contribution in [0.2, 0.25) is 5.15 Å². The van der Waals surface area contributed by atoms with Gasteiger partial charge in [0.05, 0.1) is 0 Å². The molecule has 0 bridgehead atoms. The van der Waals surface area contributed by atoms with Gasteiger partial charge in [-0.1, -0.05) is 108 Å². The van der Waals surface area contributed by atoms with Crippen LogP contribution in [0, 0.1) is 0 Å². The maximum Gasteiger partial charge on any atom is 0.253 e. The van der Waals surface area contributed by atoms with Gasteiger partial charge in [0, 0.05) is 82.8 Å². The lowest BCUT2D eigenvalue weighted by Gasteiger charge is -2.35. The van der Waals surface area contributed by atoms with Crippen molar-refractivity contribution in [2.75, 3.05) is 63.8 Å². The van der Waals surface area contributed by atoms with Gasteiger partial charge in [-0.15, -0.1) is 0 Å². The van der Waals surface area contributed by atoms with Crippen molar-refractivity contribution in [1.29, 1.82) is 0 Å². The minimum atomic E-state index is 0.0976. The van der Waals surface area contributed by atoms with Crippen LogP contribution >= 0.6 is 23.4 Å². The average Bonchev–Trinajstić information content (AvgIpc) is 3.09. The molecule has 6 rings (SSSR count). The maximum absolute atomic E-state index is 13.2. The van der Waals surface area contributed by atoms with E-state index in [1.54, 1.807) is 11.8 Å². The SMILES string of the molecule is O=C(c1ccc(CSc2nc(Cl)cc(N3CCN(Cc4ccccc4)CC3)n2)cc1)N1CCN(C/C=C/c2ccccc2)CC1. The number of carbonyl (C=O) groups is 1. The van der Waals surface area contributed by atoms with Crippen LogP contribution in [0.5, 0.6) is 0 Å². The first-order valence-electron chi connectivity index (χ1n) is 15.6. The molecular weight excluding hydrogens is 600 g/mol. The molecule has 232 valence electrons. The normalized spacial score (nSPS) is 16.4. The van der Waals surface area contributed by atoms with E-state index in [1.807, 2.05) is 41.3 Å². The molecule has 1 aromatic heterocycles. The summed E-state index contributed by atoms with van der Waals surface area (Å²) in [7, 11) is 0. The first kappa shape index (κ1) is 31.3. The molecule has 0 N–H and O–H groups in total. The first-order chi connectivity index (χ1) is 22.1. The van der Waals surface area contributed by atoms with Crippen molar-refractivity contribution in [3.63, 3.8) is 0 Å². The Morgan fingerprint density at radius 3 is 2.13 bits per heavy atom. The second kappa shape index (κ2) is 15.5. The molecule has 0 spiro atoms. The van der Waals surface area contributed by atoms with Crippen molar-refractivity contribution < 1.29 is 4.79 Å². The zero-order valence-corrected chi connectivity index (χ0v) is 27.0. The summed E-state index contributed by atoms with van der Waals surface area (Å²) in [5.74, 6) is 1.68. The number of carbonyl (C=O) groups excluding carboxylic acids is 1. The molecule has 0 aliphatic carbocycles. The molecule has 3 aromatic carbocycles. The van der Waals surface area contributed by atoms with Crippen LogP contribution in [0.4, 0.5) is 5.82 Å². The Balaban J connectivity index is 0.957. The van der Waals surface area contributed by atoms with Gasteiger partial charge in [0.25, 0.3) is 5.91 Å². The Bertz CT molecular complexity index is 1550. The molecule has 45 heavy (non-hydrogen) atoms. The summed E-state index contributed by atoms with van der Waals surface area (Å²) >= 11 is 7.99. The molecule has 7 nitrogen and oxygen atoms in total. The Hall–Kier alpha value is -3.69. The van der Waals surface area contributed by atoms with E-state index >= 15 is 0 Å². The van der Waals surface area contributed by atoms with E-state index in [9.17, 15) is 4.79 Å². The van der Waals surface area contributed by atoms with E-state index in [0.29, 0.717) is 16.1 Å². The Kier molecular flexibility index (Phi) is 10.8. The number of halogens is 1. The van der Waals surface area contributed by atoms with Crippen molar-refractivity contribution in [2.45, 2.75) is 17.5 Å². The highest BCUT2D eigenvalue weighted by molar-refractivity contribution is 7.98. The largest absolute Gasteiger partial charge is 0.354 e. The number of amides is 1. The molecule has 0 unspecified atom stereocenters. The molecular formula is C36H39ClN6OS. The van der Waals surface area contributed by atoms with E-state index in [2.05, 4.69) is 86.4 Å². The van der Waals surface area contributed by atoms with Gasteiger partial charge >= 0.3 is 0 Å². The second-order valence-corrected chi connectivity index (χ2v) is 12.8. The number of anilines is 1. The van der Waals surface area contributed by atoms with Gasteiger partial charge in [-0.3, -0.25) is 14.6 Å². The molecule has 4 aromatic rings. The summed E-state index contributed by atoms with van der Waals surface area (Å²) in [5, 5.41) is 1.13. The number of hydrogen-bond acceptors (Lipinski definition) is 7. The van der Waals surface area contributed by atoms with Gasteiger partial charge < -0.3 is 9.80 Å². The predicted octanol–water partition coefficient (Wildman–Crippen LogP) is 6.22. The summed E-state index contributed by atoms with van der Waals surface area (Å²) in [5.41, 5.74) is 4.40. The number of rotatable bonds is 10. The van der Waals surface area contributed by atoms with Crippen LogP contribution in [-0.2, 0) is 12.3 Å². The highest BCUT2D eigenvalue weighted by Gasteiger charge is 2.22. The number of thioether (sulfide) groups is 1. The van der Waals surface area contributed by atoms with Crippen LogP contribution in [-0.4, -0.2) is 89.5 Å². The minimum Gasteiger partial charge on any atom is -0.354 e. The monoisotopic (exact) mass is 638 g/mol. The van der Waals surface area contributed by atoms with E-state index in [4.69, 9.17) is 16.6 Å². The zero-order valence-electron chi connectivity index (χ0n) is 25.5. The zero-order chi connectivity index (χ0) is 30.8. The third-order valence-corrected chi connectivity index (χ3v) is 9.42. The van der Waals surface area contributed by atoms with E-state index in [0.717, 1.165) is 82.4 Å². The number of benzene rings is 3. The molecule has 1 amide bonds. The Morgan fingerprint density at radius 1 is 0.756 bits per heavy atom. The van der Waals surface area contributed by atoms with Crippen LogP contribution in [0.1, 0.15) is 27.0 Å². The number of hydrogen-bond donors (Lipinski definition) is 0. The fourth-order valence-corrected chi connectivity index (χ4v) is 6.74. The number of aromatic nitrogens is 2. The van der Waals surface area contributed by atoms with Gasteiger partial charge in [-0.2, -0.15) is 0 Å². The van der Waals surface area contributed by atoms with Gasteiger partial charge in [0.15, 0.2) is 5.16 Å². The molecule has 2 aliphatic rings. The molecule has 3 heterocycles. The molecule has 0 radical (unpaired) electrons. The van der Waals surface area contributed by atoms with Crippen LogP contribution < -0.4 is 4.90 Å². The van der Waals surface area contributed by atoms with E-state index in [-0.39, 0.29) is 5.91 Å². The third kappa shape index (κ3) is 8.95. The highest BCUT2D eigenvalue weighted by atomic mass is 35.5. The lowest BCUT2D eigenvalue weighted by Crippen LogP contribution is -2.48. The van der Waals surface area contributed by atoms with Crippen molar-refractivity contribution in [3.8, 4) is 0 Å². The van der Waals surface area contributed by atoms with Crippen molar-refractivity contribution in [2.24, 2.45) is 0 Å².